The van der Waals surface area contributed by atoms with E-state index in [-0.39, 0.29) is 17.8 Å². The summed E-state index contributed by atoms with van der Waals surface area (Å²) >= 11 is 1.62. The molecular weight excluding hydrogens is 323 g/mol. The Labute approximate surface area is 146 Å². The maximum absolute atomic E-state index is 13.5. The molecule has 0 fully saturated rings. The van der Waals surface area contributed by atoms with Crippen molar-refractivity contribution >= 4 is 17.2 Å². The van der Waals surface area contributed by atoms with E-state index in [1.165, 1.54) is 35.4 Å². The van der Waals surface area contributed by atoms with Gasteiger partial charge in [0.25, 0.3) is 5.91 Å². The van der Waals surface area contributed by atoms with Crippen molar-refractivity contribution in [3.8, 4) is 0 Å². The van der Waals surface area contributed by atoms with Gasteiger partial charge in [-0.2, -0.15) is 0 Å². The quantitative estimate of drug-likeness (QED) is 0.893. The smallest absolute Gasteiger partial charge is 0.261 e. The van der Waals surface area contributed by atoms with Crippen molar-refractivity contribution < 1.29 is 9.18 Å². The molecule has 0 radical (unpaired) electrons. The lowest BCUT2D eigenvalue weighted by atomic mass is 9.99. The summed E-state index contributed by atoms with van der Waals surface area (Å²) in [6, 6.07) is 8.55. The van der Waals surface area contributed by atoms with Crippen LogP contribution in [-0.4, -0.2) is 31.4 Å². The van der Waals surface area contributed by atoms with Gasteiger partial charge in [-0.3, -0.25) is 4.79 Å². The first kappa shape index (κ1) is 17.1. The summed E-state index contributed by atoms with van der Waals surface area (Å²) in [5, 5.41) is 3.01. The molecule has 1 unspecified atom stereocenters. The van der Waals surface area contributed by atoms with Gasteiger partial charge in [0, 0.05) is 11.4 Å². The minimum Gasteiger partial charge on any atom is -0.349 e. The Morgan fingerprint density at radius 3 is 2.79 bits per heavy atom. The third kappa shape index (κ3) is 3.84. The van der Waals surface area contributed by atoms with Crippen molar-refractivity contribution in [1.82, 2.24) is 10.2 Å². The summed E-state index contributed by atoms with van der Waals surface area (Å²) in [6.45, 7) is 0.456. The van der Waals surface area contributed by atoms with Gasteiger partial charge in [0.05, 0.1) is 10.9 Å². The minimum absolute atomic E-state index is 0.0300. The number of amides is 1. The Kier molecular flexibility index (Phi) is 5.31. The molecule has 1 aromatic heterocycles. The minimum atomic E-state index is -0.253. The van der Waals surface area contributed by atoms with E-state index in [1.807, 2.05) is 31.1 Å². The van der Waals surface area contributed by atoms with Crippen LogP contribution >= 0.6 is 11.3 Å². The average Bonchev–Trinajstić information content (AvgIpc) is 2.99. The van der Waals surface area contributed by atoms with Gasteiger partial charge < -0.3 is 10.2 Å². The number of nitrogens with zero attached hydrogens (tertiary/aromatic N) is 1. The summed E-state index contributed by atoms with van der Waals surface area (Å²) in [4.78, 5) is 16.6. The first-order valence-electron chi connectivity index (χ1n) is 8.36. The number of fused-ring (bicyclic) bond motifs is 1. The predicted molar refractivity (Wildman–Crippen MR) is 96.1 cm³/mol. The van der Waals surface area contributed by atoms with Crippen LogP contribution in [0.25, 0.3) is 0 Å². The molecule has 2 aromatic rings. The SMILES string of the molecule is CN(C)C(CNC(=O)c1cc2c(s1)CCCC2)c1cccc(F)c1. The van der Waals surface area contributed by atoms with Crippen LogP contribution in [0.15, 0.2) is 30.3 Å². The van der Waals surface area contributed by atoms with E-state index in [4.69, 9.17) is 0 Å². The number of rotatable bonds is 5. The first-order chi connectivity index (χ1) is 11.5. The highest BCUT2D eigenvalue weighted by Crippen LogP contribution is 2.29. The molecule has 0 spiro atoms. The van der Waals surface area contributed by atoms with Gasteiger partial charge in [-0.15, -0.1) is 11.3 Å². The number of hydrogen-bond donors (Lipinski definition) is 1. The fourth-order valence-corrected chi connectivity index (χ4v) is 4.36. The molecule has 24 heavy (non-hydrogen) atoms. The third-order valence-corrected chi connectivity index (χ3v) is 5.77. The van der Waals surface area contributed by atoms with Crippen LogP contribution in [0.2, 0.25) is 0 Å². The average molecular weight is 346 g/mol. The lowest BCUT2D eigenvalue weighted by Crippen LogP contribution is -2.34. The maximum Gasteiger partial charge on any atom is 0.261 e. The normalized spacial score (nSPS) is 15.2. The Balaban J connectivity index is 1.68. The van der Waals surface area contributed by atoms with Crippen LogP contribution in [0.1, 0.15) is 44.6 Å². The van der Waals surface area contributed by atoms with Crippen molar-refractivity contribution in [3.63, 3.8) is 0 Å². The van der Waals surface area contributed by atoms with E-state index in [2.05, 4.69) is 5.32 Å². The monoisotopic (exact) mass is 346 g/mol. The van der Waals surface area contributed by atoms with E-state index in [0.717, 1.165) is 23.3 Å². The van der Waals surface area contributed by atoms with Gasteiger partial charge in [-0.25, -0.2) is 4.39 Å². The molecule has 1 atom stereocenters. The Bertz CT molecular complexity index is 702. The van der Waals surface area contributed by atoms with Crippen molar-refractivity contribution in [2.45, 2.75) is 31.7 Å². The number of nitrogens with one attached hydrogen (secondary N) is 1. The zero-order valence-corrected chi connectivity index (χ0v) is 15.0. The zero-order valence-electron chi connectivity index (χ0n) is 14.1. The molecule has 5 heteroatoms. The number of thiophene rings is 1. The van der Waals surface area contributed by atoms with Crippen LogP contribution in [0.4, 0.5) is 4.39 Å². The highest BCUT2D eigenvalue weighted by atomic mass is 32.1. The fraction of sp³-hybridized carbons (Fsp3) is 0.421. The van der Waals surface area contributed by atoms with E-state index in [0.29, 0.717) is 6.54 Å². The molecule has 1 aliphatic carbocycles. The number of aryl methyl sites for hydroxylation is 2. The van der Waals surface area contributed by atoms with Gasteiger partial charge in [-0.05, 0) is 69.1 Å². The molecule has 0 saturated heterocycles. The molecule has 0 aliphatic heterocycles. The molecule has 1 heterocycles. The molecule has 128 valence electrons. The van der Waals surface area contributed by atoms with Crippen molar-refractivity contribution in [2.75, 3.05) is 20.6 Å². The van der Waals surface area contributed by atoms with Gasteiger partial charge >= 0.3 is 0 Å². The molecule has 0 saturated carbocycles. The number of benzene rings is 1. The van der Waals surface area contributed by atoms with Crippen molar-refractivity contribution in [2.24, 2.45) is 0 Å². The third-order valence-electron chi connectivity index (χ3n) is 4.53. The van der Waals surface area contributed by atoms with E-state index >= 15 is 0 Å². The summed E-state index contributed by atoms with van der Waals surface area (Å²) in [7, 11) is 3.87. The van der Waals surface area contributed by atoms with E-state index in [9.17, 15) is 9.18 Å². The summed E-state index contributed by atoms with van der Waals surface area (Å²) in [6.07, 6.45) is 4.61. The Morgan fingerprint density at radius 1 is 1.29 bits per heavy atom. The number of hydrogen-bond acceptors (Lipinski definition) is 3. The van der Waals surface area contributed by atoms with E-state index in [1.54, 1.807) is 17.4 Å². The molecule has 1 amide bonds. The highest BCUT2D eigenvalue weighted by molar-refractivity contribution is 7.14. The number of carbonyl (C=O) groups is 1. The molecule has 1 aromatic carbocycles. The zero-order chi connectivity index (χ0) is 17.1. The molecule has 1 aliphatic rings. The Morgan fingerprint density at radius 2 is 2.08 bits per heavy atom. The lowest BCUT2D eigenvalue weighted by molar-refractivity contribution is 0.0946. The number of halogens is 1. The van der Waals surface area contributed by atoms with Crippen molar-refractivity contribution in [1.29, 1.82) is 0 Å². The number of carbonyl (C=O) groups excluding carboxylic acids is 1. The fourth-order valence-electron chi connectivity index (χ4n) is 3.19. The van der Waals surface area contributed by atoms with Gasteiger partial charge in [0.2, 0.25) is 0 Å². The van der Waals surface area contributed by atoms with Crippen LogP contribution < -0.4 is 5.32 Å². The van der Waals surface area contributed by atoms with Gasteiger partial charge in [0.1, 0.15) is 5.82 Å². The molecule has 3 nitrogen and oxygen atoms in total. The van der Waals surface area contributed by atoms with Crippen LogP contribution in [0, 0.1) is 5.82 Å². The second-order valence-electron chi connectivity index (χ2n) is 6.51. The topological polar surface area (TPSA) is 32.3 Å². The van der Waals surface area contributed by atoms with Crippen LogP contribution in [-0.2, 0) is 12.8 Å². The second-order valence-corrected chi connectivity index (χ2v) is 7.65. The highest BCUT2D eigenvalue weighted by Gasteiger charge is 2.20. The van der Waals surface area contributed by atoms with Gasteiger partial charge in [-0.1, -0.05) is 12.1 Å². The first-order valence-corrected chi connectivity index (χ1v) is 9.18. The second kappa shape index (κ2) is 7.45. The summed E-state index contributed by atoms with van der Waals surface area (Å²) in [5.74, 6) is -0.283. The van der Waals surface area contributed by atoms with Gasteiger partial charge in [0.15, 0.2) is 0 Å². The molecule has 3 rings (SSSR count). The largest absolute Gasteiger partial charge is 0.349 e. The van der Waals surface area contributed by atoms with Crippen LogP contribution in [0.5, 0.6) is 0 Å². The van der Waals surface area contributed by atoms with Crippen molar-refractivity contribution in [3.05, 3.63) is 57.0 Å². The van der Waals surface area contributed by atoms with Crippen LogP contribution in [0.3, 0.4) is 0 Å². The maximum atomic E-state index is 13.5. The molecule has 0 bridgehead atoms. The summed E-state index contributed by atoms with van der Waals surface area (Å²) in [5.41, 5.74) is 2.21. The predicted octanol–water partition coefficient (Wildman–Crippen LogP) is 3.80. The standard InChI is InChI=1S/C19H23FN2OS/c1-22(2)16(13-7-5-8-15(20)10-13)12-21-19(23)18-11-14-6-3-4-9-17(14)24-18/h5,7-8,10-11,16H,3-4,6,9,12H2,1-2H3,(H,21,23). The molecule has 1 N–H and O–H groups in total. The Hall–Kier alpha value is -1.72. The van der Waals surface area contributed by atoms with E-state index < -0.39 is 0 Å². The number of likely N-dealkylation sites (N-methyl/N-ethyl adjacent to an activating group) is 1. The summed E-state index contributed by atoms with van der Waals surface area (Å²) < 4.78 is 13.5. The molecular formula is C19H23FN2OS. The lowest BCUT2D eigenvalue weighted by Gasteiger charge is -2.25.